The molecule has 100 valence electrons. The van der Waals surface area contributed by atoms with Crippen molar-refractivity contribution < 1.29 is 5.11 Å². The Morgan fingerprint density at radius 1 is 1.61 bits per heavy atom. The molecule has 2 unspecified atom stereocenters. The molecule has 0 bridgehead atoms. The number of aliphatic hydroxyl groups is 1. The Labute approximate surface area is 117 Å². The molecule has 1 heterocycles. The molecule has 1 saturated carbocycles. The second kappa shape index (κ2) is 5.63. The zero-order valence-electron chi connectivity index (χ0n) is 10.6. The summed E-state index contributed by atoms with van der Waals surface area (Å²) < 4.78 is 0. The van der Waals surface area contributed by atoms with E-state index in [0.29, 0.717) is 28.6 Å². The molecule has 2 atom stereocenters. The molecular formula is C12H18ClN3OS. The predicted octanol–water partition coefficient (Wildman–Crippen LogP) is 2.50. The SMILES string of the molecule is CCSC1CCC1(O)CNc1cc(Cl)nc(C)n1. The summed E-state index contributed by atoms with van der Waals surface area (Å²) >= 11 is 7.69. The van der Waals surface area contributed by atoms with Crippen molar-refractivity contribution in [2.45, 2.75) is 37.5 Å². The van der Waals surface area contributed by atoms with Crippen molar-refractivity contribution in [3.05, 3.63) is 17.0 Å². The van der Waals surface area contributed by atoms with Gasteiger partial charge in [-0.2, -0.15) is 11.8 Å². The molecule has 0 aliphatic heterocycles. The van der Waals surface area contributed by atoms with Crippen molar-refractivity contribution >= 4 is 29.2 Å². The third kappa shape index (κ3) is 3.08. The highest BCUT2D eigenvalue weighted by molar-refractivity contribution is 8.00. The number of rotatable bonds is 5. The van der Waals surface area contributed by atoms with Gasteiger partial charge in [-0.3, -0.25) is 0 Å². The second-order valence-corrected chi connectivity index (χ2v) is 6.43. The molecule has 0 radical (unpaired) electrons. The van der Waals surface area contributed by atoms with E-state index in [1.54, 1.807) is 13.0 Å². The molecule has 2 N–H and O–H groups in total. The summed E-state index contributed by atoms with van der Waals surface area (Å²) in [5.41, 5.74) is -0.619. The van der Waals surface area contributed by atoms with E-state index in [0.717, 1.165) is 18.6 Å². The molecule has 18 heavy (non-hydrogen) atoms. The maximum absolute atomic E-state index is 10.4. The number of aromatic nitrogens is 2. The summed E-state index contributed by atoms with van der Waals surface area (Å²) in [5.74, 6) is 2.34. The fraction of sp³-hybridized carbons (Fsp3) is 0.667. The number of thioether (sulfide) groups is 1. The zero-order valence-corrected chi connectivity index (χ0v) is 12.2. The van der Waals surface area contributed by atoms with Crippen molar-refractivity contribution in [3.8, 4) is 0 Å². The number of anilines is 1. The smallest absolute Gasteiger partial charge is 0.134 e. The summed E-state index contributed by atoms with van der Waals surface area (Å²) in [6.45, 7) is 4.42. The zero-order chi connectivity index (χ0) is 13.2. The van der Waals surface area contributed by atoms with Gasteiger partial charge in [0, 0.05) is 17.9 Å². The van der Waals surface area contributed by atoms with Crippen molar-refractivity contribution in [3.63, 3.8) is 0 Å². The Morgan fingerprint density at radius 2 is 2.39 bits per heavy atom. The van der Waals surface area contributed by atoms with Crippen LogP contribution < -0.4 is 5.32 Å². The van der Waals surface area contributed by atoms with Crippen LogP contribution >= 0.6 is 23.4 Å². The minimum atomic E-state index is -0.619. The maximum Gasteiger partial charge on any atom is 0.134 e. The molecule has 1 fully saturated rings. The van der Waals surface area contributed by atoms with Gasteiger partial charge in [0.1, 0.15) is 16.8 Å². The Balaban J connectivity index is 1.95. The molecule has 6 heteroatoms. The van der Waals surface area contributed by atoms with Crippen LogP contribution in [0.5, 0.6) is 0 Å². The highest BCUT2D eigenvalue weighted by Crippen LogP contribution is 2.41. The van der Waals surface area contributed by atoms with E-state index in [1.165, 1.54) is 0 Å². The van der Waals surface area contributed by atoms with Gasteiger partial charge < -0.3 is 10.4 Å². The molecular weight excluding hydrogens is 270 g/mol. The topological polar surface area (TPSA) is 58.0 Å². The summed E-state index contributed by atoms with van der Waals surface area (Å²) in [6.07, 6.45) is 1.93. The standard InChI is InChI=1S/C12H18ClN3OS/c1-3-18-9-4-5-12(9,17)7-14-11-6-10(13)15-8(2)16-11/h6,9,17H,3-5,7H2,1-2H3,(H,14,15,16). The Hall–Kier alpha value is -0.520. The van der Waals surface area contributed by atoms with Gasteiger partial charge >= 0.3 is 0 Å². The molecule has 1 aliphatic rings. The van der Waals surface area contributed by atoms with Crippen LogP contribution in [0, 0.1) is 6.92 Å². The lowest BCUT2D eigenvalue weighted by Gasteiger charge is -2.45. The number of halogens is 1. The van der Waals surface area contributed by atoms with Crippen molar-refractivity contribution in [2.75, 3.05) is 17.6 Å². The van der Waals surface area contributed by atoms with Gasteiger partial charge in [0.25, 0.3) is 0 Å². The van der Waals surface area contributed by atoms with E-state index in [9.17, 15) is 5.11 Å². The lowest BCUT2D eigenvalue weighted by atomic mass is 9.79. The fourth-order valence-corrected chi connectivity index (χ4v) is 3.53. The number of hydrogen-bond donors (Lipinski definition) is 2. The van der Waals surface area contributed by atoms with Crippen molar-refractivity contribution in [2.24, 2.45) is 0 Å². The first-order valence-corrected chi connectivity index (χ1v) is 7.55. The predicted molar refractivity (Wildman–Crippen MR) is 76.4 cm³/mol. The van der Waals surface area contributed by atoms with E-state index >= 15 is 0 Å². The monoisotopic (exact) mass is 287 g/mol. The largest absolute Gasteiger partial charge is 0.387 e. The molecule has 0 aromatic carbocycles. The quantitative estimate of drug-likeness (QED) is 0.815. The number of aryl methyl sites for hydroxylation is 1. The van der Waals surface area contributed by atoms with E-state index in [2.05, 4.69) is 22.2 Å². The second-order valence-electron chi connectivity index (χ2n) is 4.56. The van der Waals surface area contributed by atoms with E-state index < -0.39 is 5.60 Å². The normalized spacial score (nSPS) is 26.8. The molecule has 0 spiro atoms. The third-order valence-corrected chi connectivity index (χ3v) is 4.79. The van der Waals surface area contributed by atoms with Crippen LogP contribution in [0.2, 0.25) is 5.15 Å². The molecule has 1 aromatic rings. The molecule has 1 aliphatic carbocycles. The van der Waals surface area contributed by atoms with Crippen LogP contribution in [-0.4, -0.2) is 38.2 Å². The van der Waals surface area contributed by atoms with Crippen molar-refractivity contribution in [1.82, 2.24) is 9.97 Å². The minimum Gasteiger partial charge on any atom is -0.387 e. The van der Waals surface area contributed by atoms with Gasteiger partial charge in [-0.15, -0.1) is 0 Å². The molecule has 1 aromatic heterocycles. The maximum atomic E-state index is 10.4. The van der Waals surface area contributed by atoms with Crippen LogP contribution in [-0.2, 0) is 0 Å². The van der Waals surface area contributed by atoms with Gasteiger partial charge in [0.05, 0.1) is 5.60 Å². The molecule has 2 rings (SSSR count). The molecule has 0 saturated heterocycles. The average Bonchev–Trinajstić information content (AvgIpc) is 2.30. The summed E-state index contributed by atoms with van der Waals surface area (Å²) in [6, 6.07) is 1.68. The first-order chi connectivity index (χ1) is 8.53. The summed E-state index contributed by atoms with van der Waals surface area (Å²) in [7, 11) is 0. The third-order valence-electron chi connectivity index (χ3n) is 3.19. The average molecular weight is 288 g/mol. The van der Waals surface area contributed by atoms with Gasteiger partial charge in [0.15, 0.2) is 0 Å². The molecule has 4 nitrogen and oxygen atoms in total. The summed E-state index contributed by atoms with van der Waals surface area (Å²) in [4.78, 5) is 8.25. The Morgan fingerprint density at radius 3 is 2.94 bits per heavy atom. The van der Waals surface area contributed by atoms with Crippen LogP contribution in [0.25, 0.3) is 0 Å². The number of nitrogens with one attached hydrogen (secondary N) is 1. The van der Waals surface area contributed by atoms with Crippen LogP contribution in [0.15, 0.2) is 6.07 Å². The lowest BCUT2D eigenvalue weighted by Crippen LogP contribution is -2.54. The van der Waals surface area contributed by atoms with Crippen LogP contribution in [0.3, 0.4) is 0 Å². The van der Waals surface area contributed by atoms with Gasteiger partial charge in [-0.1, -0.05) is 18.5 Å². The van der Waals surface area contributed by atoms with E-state index in [-0.39, 0.29) is 0 Å². The first-order valence-electron chi connectivity index (χ1n) is 6.12. The van der Waals surface area contributed by atoms with Crippen molar-refractivity contribution in [1.29, 1.82) is 0 Å². The van der Waals surface area contributed by atoms with Gasteiger partial charge in [-0.25, -0.2) is 9.97 Å². The minimum absolute atomic E-state index is 0.327. The molecule has 0 amide bonds. The van der Waals surface area contributed by atoms with Gasteiger partial charge in [0.2, 0.25) is 0 Å². The first kappa shape index (κ1) is 13.9. The highest BCUT2D eigenvalue weighted by atomic mass is 35.5. The summed E-state index contributed by atoms with van der Waals surface area (Å²) in [5, 5.41) is 14.3. The van der Waals surface area contributed by atoms with E-state index in [1.807, 2.05) is 11.8 Å². The van der Waals surface area contributed by atoms with Gasteiger partial charge in [-0.05, 0) is 25.5 Å². The van der Waals surface area contributed by atoms with Crippen LogP contribution in [0.4, 0.5) is 5.82 Å². The fourth-order valence-electron chi connectivity index (χ4n) is 2.10. The van der Waals surface area contributed by atoms with E-state index in [4.69, 9.17) is 11.6 Å². The highest BCUT2D eigenvalue weighted by Gasteiger charge is 2.44. The number of nitrogens with zero attached hydrogens (tertiary/aromatic N) is 2. The number of hydrogen-bond acceptors (Lipinski definition) is 5. The Bertz CT molecular complexity index is 412. The lowest BCUT2D eigenvalue weighted by molar-refractivity contribution is -0.0120. The Kier molecular flexibility index (Phi) is 4.35. The van der Waals surface area contributed by atoms with Crippen LogP contribution in [0.1, 0.15) is 25.6 Å².